The fraction of sp³-hybridized carbons (Fsp3) is 0. The van der Waals surface area contributed by atoms with E-state index in [0.29, 0.717) is 0 Å². The molecule has 110 valence electrons. The van der Waals surface area contributed by atoms with Gasteiger partial charge in [0.25, 0.3) is 0 Å². The minimum atomic E-state index is 0.0631. The Bertz CT molecular complexity index is 713. The normalized spacial score (nSPS) is 14.5. The summed E-state index contributed by atoms with van der Waals surface area (Å²) in [6.07, 6.45) is 2.10. The van der Waals surface area contributed by atoms with Crippen LogP contribution in [-0.4, -0.2) is 19.5 Å². The second kappa shape index (κ2) is 7.27. The zero-order valence-corrected chi connectivity index (χ0v) is 14.0. The molecule has 0 spiro atoms. The Kier molecular flexibility index (Phi) is 4.91. The van der Waals surface area contributed by atoms with Gasteiger partial charge in [0.1, 0.15) is 0 Å². The number of nitrogens with zero attached hydrogens (tertiary/aromatic N) is 3. The van der Waals surface area contributed by atoms with Crippen molar-refractivity contribution in [3.05, 3.63) is 81.4 Å². The van der Waals surface area contributed by atoms with Gasteiger partial charge in [-0.25, -0.2) is 0 Å². The van der Waals surface area contributed by atoms with Gasteiger partial charge < -0.3 is 0 Å². The van der Waals surface area contributed by atoms with Crippen molar-refractivity contribution >= 4 is 38.5 Å². The molecule has 0 aromatic heterocycles. The summed E-state index contributed by atoms with van der Waals surface area (Å²) in [5, 5.41) is 7.68. The summed E-state index contributed by atoms with van der Waals surface area (Å²) in [5.74, 6) is 0. The van der Waals surface area contributed by atoms with E-state index >= 15 is 0 Å². The molecule has 2 aromatic carbocycles. The molecule has 0 amide bonds. The van der Waals surface area contributed by atoms with Crippen molar-refractivity contribution in [2.45, 2.75) is 0 Å². The van der Waals surface area contributed by atoms with Crippen LogP contribution in [-0.2, 0) is 0 Å². The van der Waals surface area contributed by atoms with Crippen LogP contribution in [0.1, 0.15) is 11.1 Å². The molecule has 3 rings (SSSR count). The Labute approximate surface area is 140 Å². The number of benzene rings is 2. The van der Waals surface area contributed by atoms with E-state index in [2.05, 4.69) is 39.1 Å². The zero-order chi connectivity index (χ0) is 15.2. The van der Waals surface area contributed by atoms with Crippen molar-refractivity contribution < 1.29 is 0 Å². The summed E-state index contributed by atoms with van der Waals surface area (Å²) < 4.78 is 2.26. The summed E-state index contributed by atoms with van der Waals surface area (Å²) in [7, 11) is 0. The summed E-state index contributed by atoms with van der Waals surface area (Å²) in [6.45, 7) is 0. The fourth-order valence-corrected chi connectivity index (χ4v) is 3.90. The molecule has 4 nitrogen and oxygen atoms in total. The molecule has 0 fully saturated rings. The van der Waals surface area contributed by atoms with Crippen molar-refractivity contribution in [2.75, 3.05) is 0 Å². The quantitative estimate of drug-likeness (QED) is 0.647. The van der Waals surface area contributed by atoms with Gasteiger partial charge in [-0.3, -0.25) is 0 Å². The fourth-order valence-electron chi connectivity index (χ4n) is 1.95. The van der Waals surface area contributed by atoms with Gasteiger partial charge in [-0.05, 0) is 0 Å². The van der Waals surface area contributed by atoms with E-state index in [1.165, 1.54) is 10.1 Å². The Morgan fingerprint density at radius 1 is 1.00 bits per heavy atom. The third-order valence-electron chi connectivity index (χ3n) is 2.97. The minimum absolute atomic E-state index is 0.0631. The Balaban J connectivity index is 1.84. The molecule has 6 heteroatoms. The second-order valence-corrected chi connectivity index (χ2v) is 6.68. The van der Waals surface area contributed by atoms with Gasteiger partial charge >= 0.3 is 140 Å². The SMILES string of the molecule is ClN1N=NNC([Se]C=Cc2ccccc2)=C1c1ccccc1. The molecule has 0 saturated heterocycles. The van der Waals surface area contributed by atoms with E-state index in [1.54, 1.807) is 0 Å². The van der Waals surface area contributed by atoms with Gasteiger partial charge in [0, 0.05) is 0 Å². The van der Waals surface area contributed by atoms with Crippen LogP contribution in [0.3, 0.4) is 0 Å². The number of halogens is 1. The van der Waals surface area contributed by atoms with Crippen LogP contribution in [0.15, 0.2) is 80.7 Å². The Morgan fingerprint density at radius 2 is 1.68 bits per heavy atom. The molecule has 0 unspecified atom stereocenters. The number of hydrogen-bond donors (Lipinski definition) is 1. The molecule has 1 aliphatic heterocycles. The molecular weight excluding hydrogens is 363 g/mol. The van der Waals surface area contributed by atoms with Crippen molar-refractivity contribution in [2.24, 2.45) is 10.4 Å². The topological polar surface area (TPSA) is 40.0 Å². The Morgan fingerprint density at radius 3 is 2.41 bits per heavy atom. The molecule has 0 bridgehead atoms. The second-order valence-electron chi connectivity index (χ2n) is 4.44. The van der Waals surface area contributed by atoms with Gasteiger partial charge in [0.05, 0.1) is 0 Å². The Hall–Kier alpha value is -2.07. The number of rotatable bonds is 4. The first-order chi connectivity index (χ1) is 10.8. The van der Waals surface area contributed by atoms with Crippen LogP contribution in [0.2, 0.25) is 0 Å². The van der Waals surface area contributed by atoms with Crippen LogP contribution in [0.25, 0.3) is 11.8 Å². The van der Waals surface area contributed by atoms with Crippen molar-refractivity contribution in [1.82, 2.24) is 9.95 Å². The van der Waals surface area contributed by atoms with E-state index in [-0.39, 0.29) is 15.0 Å². The van der Waals surface area contributed by atoms with Crippen LogP contribution in [0, 0.1) is 0 Å². The number of nitrogens with one attached hydrogen (secondary N) is 1. The first-order valence-electron chi connectivity index (χ1n) is 6.65. The molecule has 1 heterocycles. The predicted molar refractivity (Wildman–Crippen MR) is 90.3 cm³/mol. The monoisotopic (exact) mass is 376 g/mol. The third kappa shape index (κ3) is 3.57. The average Bonchev–Trinajstić information content (AvgIpc) is 2.57. The van der Waals surface area contributed by atoms with Gasteiger partial charge in [-0.1, -0.05) is 0 Å². The summed E-state index contributed by atoms with van der Waals surface area (Å²) in [4.78, 5) is 2.14. The van der Waals surface area contributed by atoms with Gasteiger partial charge in [-0.15, -0.1) is 0 Å². The van der Waals surface area contributed by atoms with Crippen molar-refractivity contribution in [3.8, 4) is 0 Å². The molecule has 1 N–H and O–H groups in total. The molecule has 0 aliphatic carbocycles. The first-order valence-corrected chi connectivity index (χ1v) is 8.83. The standard InChI is InChI=1S/C16H13ClN4Se/c17-21-15(14-9-5-2-6-10-14)16(18-19-20-21)22-12-11-13-7-3-1-4-8-13/h1-12H,(H,18,20). The first kappa shape index (κ1) is 14.8. The summed E-state index contributed by atoms with van der Waals surface area (Å²) >= 11 is 6.23. The van der Waals surface area contributed by atoms with E-state index in [9.17, 15) is 0 Å². The molecule has 0 atom stereocenters. The van der Waals surface area contributed by atoms with E-state index < -0.39 is 0 Å². The zero-order valence-electron chi connectivity index (χ0n) is 11.6. The maximum atomic E-state index is 6.17. The van der Waals surface area contributed by atoms with Crippen LogP contribution >= 0.6 is 11.8 Å². The van der Waals surface area contributed by atoms with Crippen molar-refractivity contribution in [1.29, 1.82) is 0 Å². The van der Waals surface area contributed by atoms with Crippen LogP contribution < -0.4 is 5.43 Å². The molecule has 0 saturated carbocycles. The summed E-state index contributed by atoms with van der Waals surface area (Å²) in [5.41, 5.74) is 6.00. The van der Waals surface area contributed by atoms with E-state index in [0.717, 1.165) is 15.9 Å². The molecule has 1 aliphatic rings. The van der Waals surface area contributed by atoms with Gasteiger partial charge in [-0.2, -0.15) is 0 Å². The van der Waals surface area contributed by atoms with Crippen LogP contribution in [0.4, 0.5) is 0 Å². The van der Waals surface area contributed by atoms with Gasteiger partial charge in [0.2, 0.25) is 0 Å². The maximum absolute atomic E-state index is 6.17. The molecule has 2 aromatic rings. The predicted octanol–water partition coefficient (Wildman–Crippen LogP) is 4.03. The van der Waals surface area contributed by atoms with Crippen LogP contribution in [0.5, 0.6) is 0 Å². The molecular formula is C16H13ClN4Se. The van der Waals surface area contributed by atoms with Gasteiger partial charge in [0.15, 0.2) is 0 Å². The molecule has 22 heavy (non-hydrogen) atoms. The van der Waals surface area contributed by atoms with E-state index in [4.69, 9.17) is 11.8 Å². The summed E-state index contributed by atoms with van der Waals surface area (Å²) in [6, 6.07) is 20.1. The number of hydrogen-bond acceptors (Lipinski definition) is 4. The third-order valence-corrected chi connectivity index (χ3v) is 4.87. The van der Waals surface area contributed by atoms with Crippen molar-refractivity contribution in [3.63, 3.8) is 0 Å². The van der Waals surface area contributed by atoms with E-state index in [1.807, 2.05) is 48.5 Å². The average molecular weight is 376 g/mol. The molecule has 0 radical (unpaired) electrons.